The van der Waals surface area contributed by atoms with Crippen molar-refractivity contribution >= 4 is 16.8 Å². The molecule has 5 nitrogen and oxygen atoms in total. The Morgan fingerprint density at radius 2 is 1.86 bits per heavy atom. The third kappa shape index (κ3) is 3.82. The van der Waals surface area contributed by atoms with Gasteiger partial charge in [0, 0.05) is 6.54 Å². The summed E-state index contributed by atoms with van der Waals surface area (Å²) in [5.74, 6) is -0.857. The molecule has 1 aliphatic heterocycles. The summed E-state index contributed by atoms with van der Waals surface area (Å²) in [7, 11) is 0. The molecule has 0 aliphatic carbocycles. The molecule has 0 spiro atoms. The maximum Gasteiger partial charge on any atom is 0.261 e. The lowest BCUT2D eigenvalue weighted by Gasteiger charge is -2.28. The van der Waals surface area contributed by atoms with E-state index in [2.05, 4.69) is 27.3 Å². The minimum atomic E-state index is -0.520. The van der Waals surface area contributed by atoms with Crippen LogP contribution in [0, 0.1) is 5.82 Å². The van der Waals surface area contributed by atoms with Crippen LogP contribution in [0.2, 0.25) is 0 Å². The van der Waals surface area contributed by atoms with Crippen molar-refractivity contribution in [1.82, 2.24) is 15.2 Å². The first-order valence-electron chi connectivity index (χ1n) is 9.51. The van der Waals surface area contributed by atoms with Crippen LogP contribution in [-0.4, -0.2) is 35.4 Å². The van der Waals surface area contributed by atoms with Gasteiger partial charge < -0.3 is 10.3 Å². The summed E-state index contributed by atoms with van der Waals surface area (Å²) in [6.07, 6.45) is 2.30. The third-order valence-electron chi connectivity index (χ3n) is 5.27. The second-order valence-corrected chi connectivity index (χ2v) is 7.12. The highest BCUT2D eigenvalue weighted by atomic mass is 19.1. The van der Waals surface area contributed by atoms with Crippen molar-refractivity contribution < 1.29 is 9.18 Å². The van der Waals surface area contributed by atoms with Crippen molar-refractivity contribution in [2.45, 2.75) is 18.9 Å². The van der Waals surface area contributed by atoms with Crippen LogP contribution >= 0.6 is 0 Å². The largest absolute Gasteiger partial charge is 0.350 e. The molecular formula is C22H22FN3O2. The number of nitrogens with one attached hydrogen (secondary N) is 2. The minimum Gasteiger partial charge on any atom is -0.350 e. The van der Waals surface area contributed by atoms with Gasteiger partial charge in [-0.3, -0.25) is 14.5 Å². The summed E-state index contributed by atoms with van der Waals surface area (Å²) >= 11 is 0. The van der Waals surface area contributed by atoms with Crippen molar-refractivity contribution in [1.29, 1.82) is 0 Å². The van der Waals surface area contributed by atoms with E-state index in [-0.39, 0.29) is 11.6 Å². The number of halogens is 1. The number of amides is 1. The molecule has 6 heteroatoms. The van der Waals surface area contributed by atoms with Gasteiger partial charge in [0.25, 0.3) is 11.5 Å². The molecule has 144 valence electrons. The summed E-state index contributed by atoms with van der Waals surface area (Å²) < 4.78 is 13.3. The molecule has 2 heterocycles. The molecule has 28 heavy (non-hydrogen) atoms. The molecule has 2 aromatic carbocycles. The van der Waals surface area contributed by atoms with Gasteiger partial charge in [-0.25, -0.2) is 4.39 Å². The maximum atomic E-state index is 13.3. The first-order valence-corrected chi connectivity index (χ1v) is 9.51. The second kappa shape index (κ2) is 7.94. The van der Waals surface area contributed by atoms with Gasteiger partial charge in [0.05, 0.1) is 11.6 Å². The molecule has 1 aromatic heterocycles. The van der Waals surface area contributed by atoms with Crippen LogP contribution in [0.1, 0.15) is 34.8 Å². The number of fused-ring (bicyclic) bond motifs is 1. The highest BCUT2D eigenvalue weighted by Crippen LogP contribution is 2.24. The molecule has 1 fully saturated rings. The summed E-state index contributed by atoms with van der Waals surface area (Å²) in [4.78, 5) is 30.0. The molecule has 0 bridgehead atoms. The lowest BCUT2D eigenvalue weighted by Crippen LogP contribution is -2.38. The SMILES string of the molecule is O=C(NCC(c1ccccc1)N1CCCC1)c1cc2ccc(F)cc2[nH]c1=O. The van der Waals surface area contributed by atoms with Crippen molar-refractivity contribution in [3.8, 4) is 0 Å². The van der Waals surface area contributed by atoms with Gasteiger partial charge in [-0.05, 0) is 61.1 Å². The Balaban J connectivity index is 1.55. The van der Waals surface area contributed by atoms with Gasteiger partial charge in [0.15, 0.2) is 0 Å². The van der Waals surface area contributed by atoms with Crippen molar-refractivity contribution in [3.63, 3.8) is 0 Å². The molecule has 3 aromatic rings. The Kier molecular flexibility index (Phi) is 5.21. The Bertz CT molecular complexity index is 1040. The van der Waals surface area contributed by atoms with Crippen molar-refractivity contribution in [2.75, 3.05) is 19.6 Å². The highest BCUT2D eigenvalue weighted by Gasteiger charge is 2.24. The fourth-order valence-corrected chi connectivity index (χ4v) is 3.81. The average molecular weight is 379 g/mol. The summed E-state index contributed by atoms with van der Waals surface area (Å²) in [6, 6.07) is 15.8. The van der Waals surface area contributed by atoms with Crippen molar-refractivity contribution in [2.24, 2.45) is 0 Å². The Hall–Kier alpha value is -2.99. The van der Waals surface area contributed by atoms with Crippen molar-refractivity contribution in [3.05, 3.63) is 81.9 Å². The standard InChI is InChI=1S/C22H22FN3O2/c23-17-9-8-16-12-18(22(28)25-19(16)13-17)21(27)24-14-20(26-10-4-5-11-26)15-6-2-1-3-7-15/h1-3,6-9,12-13,20H,4-5,10-11,14H2,(H,24,27)(H,25,28). The zero-order chi connectivity index (χ0) is 19.5. The normalized spacial score (nSPS) is 15.6. The molecule has 1 amide bonds. The van der Waals surface area contributed by atoms with Crippen LogP contribution in [0.3, 0.4) is 0 Å². The molecule has 1 saturated heterocycles. The number of hydrogen-bond donors (Lipinski definition) is 2. The van der Waals surface area contributed by atoms with E-state index in [9.17, 15) is 14.0 Å². The van der Waals surface area contributed by atoms with E-state index in [4.69, 9.17) is 0 Å². The van der Waals surface area contributed by atoms with Crippen LogP contribution in [0.25, 0.3) is 10.9 Å². The summed E-state index contributed by atoms with van der Waals surface area (Å²) in [6.45, 7) is 2.42. The molecule has 1 unspecified atom stereocenters. The number of nitrogens with zero attached hydrogens (tertiary/aromatic N) is 1. The maximum absolute atomic E-state index is 13.3. The second-order valence-electron chi connectivity index (χ2n) is 7.12. The van der Waals surface area contributed by atoms with E-state index in [0.29, 0.717) is 17.4 Å². The fraction of sp³-hybridized carbons (Fsp3) is 0.273. The van der Waals surface area contributed by atoms with E-state index in [0.717, 1.165) is 31.5 Å². The first kappa shape index (κ1) is 18.4. The molecule has 2 N–H and O–H groups in total. The van der Waals surface area contributed by atoms with Gasteiger partial charge >= 0.3 is 0 Å². The van der Waals surface area contributed by atoms with Gasteiger partial charge in [-0.2, -0.15) is 0 Å². The molecular weight excluding hydrogens is 357 g/mol. The number of pyridine rings is 1. The average Bonchev–Trinajstić information content (AvgIpc) is 3.22. The predicted octanol–water partition coefficient (Wildman–Crippen LogP) is 3.23. The Morgan fingerprint density at radius 3 is 2.61 bits per heavy atom. The molecule has 1 aliphatic rings. The number of aromatic amines is 1. The monoisotopic (exact) mass is 379 g/mol. The summed E-state index contributed by atoms with van der Waals surface area (Å²) in [5.41, 5.74) is 1.04. The number of H-pyrrole nitrogens is 1. The van der Waals surface area contributed by atoms with Gasteiger partial charge in [0.2, 0.25) is 0 Å². The van der Waals surface area contributed by atoms with Crippen LogP contribution in [0.5, 0.6) is 0 Å². The number of hydrogen-bond acceptors (Lipinski definition) is 3. The first-order chi connectivity index (χ1) is 13.6. The van der Waals surface area contributed by atoms with E-state index in [1.165, 1.54) is 18.2 Å². The smallest absolute Gasteiger partial charge is 0.261 e. The molecule has 0 saturated carbocycles. The van der Waals surface area contributed by atoms with Gasteiger partial charge in [-0.15, -0.1) is 0 Å². The van der Waals surface area contributed by atoms with Crippen LogP contribution in [0.4, 0.5) is 4.39 Å². The van der Waals surface area contributed by atoms with E-state index in [1.807, 2.05) is 18.2 Å². The lowest BCUT2D eigenvalue weighted by molar-refractivity contribution is 0.0936. The number of benzene rings is 2. The van der Waals surface area contributed by atoms with Gasteiger partial charge in [-0.1, -0.05) is 30.3 Å². The third-order valence-corrected chi connectivity index (χ3v) is 5.27. The molecule has 4 rings (SSSR count). The number of carbonyl (C=O) groups excluding carboxylic acids is 1. The Morgan fingerprint density at radius 1 is 1.11 bits per heavy atom. The Labute approximate surface area is 162 Å². The van der Waals surface area contributed by atoms with Crippen LogP contribution in [-0.2, 0) is 0 Å². The number of aromatic nitrogens is 1. The number of rotatable bonds is 5. The lowest BCUT2D eigenvalue weighted by atomic mass is 10.1. The van der Waals surface area contributed by atoms with E-state index in [1.54, 1.807) is 6.07 Å². The fourth-order valence-electron chi connectivity index (χ4n) is 3.81. The zero-order valence-electron chi connectivity index (χ0n) is 15.5. The molecule has 1 atom stereocenters. The quantitative estimate of drug-likeness (QED) is 0.715. The minimum absolute atomic E-state index is 0.0346. The zero-order valence-corrected chi connectivity index (χ0v) is 15.5. The predicted molar refractivity (Wildman–Crippen MR) is 107 cm³/mol. The highest BCUT2D eigenvalue weighted by molar-refractivity contribution is 5.97. The van der Waals surface area contributed by atoms with Gasteiger partial charge in [0.1, 0.15) is 11.4 Å². The number of likely N-dealkylation sites (tertiary alicyclic amines) is 1. The topological polar surface area (TPSA) is 65.2 Å². The molecule has 0 radical (unpaired) electrons. The summed E-state index contributed by atoms with van der Waals surface area (Å²) in [5, 5.41) is 3.53. The van der Waals surface area contributed by atoms with E-state index >= 15 is 0 Å². The van der Waals surface area contributed by atoms with E-state index < -0.39 is 17.3 Å². The number of carbonyl (C=O) groups is 1. The van der Waals surface area contributed by atoms with Crippen LogP contribution < -0.4 is 10.9 Å². The van der Waals surface area contributed by atoms with Crippen LogP contribution in [0.15, 0.2) is 59.4 Å².